The van der Waals surface area contributed by atoms with Crippen molar-refractivity contribution in [2.75, 3.05) is 0 Å². The van der Waals surface area contributed by atoms with Crippen molar-refractivity contribution in [2.24, 2.45) is 0 Å². The van der Waals surface area contributed by atoms with Crippen LogP contribution in [0.4, 0.5) is 4.39 Å². The minimum atomic E-state index is -0.324. The zero-order valence-electron chi connectivity index (χ0n) is 13.3. The molecule has 0 unspecified atom stereocenters. The molecule has 1 aromatic heterocycles. The van der Waals surface area contributed by atoms with E-state index in [1.54, 1.807) is 12.1 Å². The van der Waals surface area contributed by atoms with E-state index >= 15 is 0 Å². The molecule has 1 aliphatic rings. The van der Waals surface area contributed by atoms with Gasteiger partial charge in [0, 0.05) is 11.1 Å². The number of hydrogen-bond acceptors (Lipinski definition) is 1. The van der Waals surface area contributed by atoms with Crippen molar-refractivity contribution in [3.63, 3.8) is 0 Å². The highest BCUT2D eigenvalue weighted by molar-refractivity contribution is 5.95. The quantitative estimate of drug-likeness (QED) is 0.534. The molecule has 0 spiro atoms. The summed E-state index contributed by atoms with van der Waals surface area (Å²) in [4.78, 5) is 12.5. The Balaban J connectivity index is 1.67. The van der Waals surface area contributed by atoms with Crippen LogP contribution in [0.2, 0.25) is 0 Å². The molecule has 0 fully saturated rings. The van der Waals surface area contributed by atoms with E-state index in [0.29, 0.717) is 5.56 Å². The van der Waals surface area contributed by atoms with Crippen LogP contribution >= 0.6 is 0 Å². The second-order valence-corrected chi connectivity index (χ2v) is 6.11. The summed E-state index contributed by atoms with van der Waals surface area (Å²) in [5.41, 5.74) is 2.85. The number of Topliss-reactive ketones (excluding diaryl/α,β-unsaturated/α-hetero) is 1. The minimum Gasteiger partial charge on any atom is -0.290 e. The number of carbonyl (C=O) groups is 1. The number of nitrogens with zero attached hydrogens (tertiary/aromatic N) is 2. The normalized spacial score (nSPS) is 13.0. The first-order valence-electron chi connectivity index (χ1n) is 8.18. The molecule has 0 amide bonds. The first kappa shape index (κ1) is 14.8. The number of imidazole rings is 1. The van der Waals surface area contributed by atoms with E-state index in [1.807, 2.05) is 22.8 Å². The molecule has 3 nitrogen and oxygen atoms in total. The molecule has 2 aromatic carbocycles. The summed E-state index contributed by atoms with van der Waals surface area (Å²) in [6, 6.07) is 16.0. The summed E-state index contributed by atoms with van der Waals surface area (Å²) in [6.07, 6.45) is 4.13. The number of rotatable bonds is 4. The largest absolute Gasteiger partial charge is 0.290 e. The van der Waals surface area contributed by atoms with Crippen LogP contribution in [0.3, 0.4) is 0 Å². The lowest BCUT2D eigenvalue weighted by Crippen LogP contribution is -2.40. The Morgan fingerprint density at radius 3 is 2.58 bits per heavy atom. The molecule has 4 heteroatoms. The second kappa shape index (κ2) is 6.04. The summed E-state index contributed by atoms with van der Waals surface area (Å²) >= 11 is 0. The maximum absolute atomic E-state index is 13.0. The lowest BCUT2D eigenvalue weighted by Gasteiger charge is -2.00. The number of benzene rings is 2. The van der Waals surface area contributed by atoms with Crippen molar-refractivity contribution in [2.45, 2.75) is 25.9 Å². The van der Waals surface area contributed by atoms with Crippen LogP contribution in [-0.4, -0.2) is 10.4 Å². The van der Waals surface area contributed by atoms with Gasteiger partial charge in [0.25, 0.3) is 5.82 Å². The Morgan fingerprint density at radius 2 is 1.83 bits per heavy atom. The number of carbonyl (C=O) groups excluding carboxylic acids is 1. The fraction of sp³-hybridized carbons (Fsp3) is 0.200. The van der Waals surface area contributed by atoms with Crippen LogP contribution in [0.5, 0.6) is 0 Å². The molecule has 2 heterocycles. The molecule has 0 saturated carbocycles. The van der Waals surface area contributed by atoms with Gasteiger partial charge in [0.2, 0.25) is 5.78 Å². The van der Waals surface area contributed by atoms with Gasteiger partial charge in [-0.2, -0.15) is 0 Å². The molecular formula is C20H18FN2O+. The predicted octanol–water partition coefficient (Wildman–Crippen LogP) is 3.41. The molecule has 0 N–H and O–H groups in total. The third-order valence-electron chi connectivity index (χ3n) is 4.54. The number of ketones is 1. The molecular weight excluding hydrogens is 303 g/mol. The number of aromatic nitrogens is 2. The summed E-state index contributed by atoms with van der Waals surface area (Å²) in [7, 11) is 0. The van der Waals surface area contributed by atoms with Crippen LogP contribution in [-0.2, 0) is 19.5 Å². The van der Waals surface area contributed by atoms with Gasteiger partial charge in [-0.3, -0.25) is 4.79 Å². The third kappa shape index (κ3) is 2.64. The van der Waals surface area contributed by atoms with Gasteiger partial charge in [-0.15, -0.1) is 0 Å². The molecule has 120 valence electrons. The van der Waals surface area contributed by atoms with Crippen molar-refractivity contribution in [1.82, 2.24) is 4.57 Å². The Kier molecular flexibility index (Phi) is 3.73. The van der Waals surface area contributed by atoms with Crippen LogP contribution in [0.25, 0.3) is 11.3 Å². The van der Waals surface area contributed by atoms with E-state index in [4.69, 9.17) is 0 Å². The lowest BCUT2D eigenvalue weighted by molar-refractivity contribution is -0.689. The van der Waals surface area contributed by atoms with Crippen molar-refractivity contribution in [3.8, 4) is 11.3 Å². The number of hydrogen-bond donors (Lipinski definition) is 0. The standard InChI is InChI=1S/C20H18FN2O/c21-17-10-8-16(9-11-17)19(24)14-22-13-18(15-5-2-1-3-6-15)23-12-4-7-20(22)23/h1-3,5-6,8-11,13H,4,7,12,14H2/q+1. The van der Waals surface area contributed by atoms with Gasteiger partial charge in [0.15, 0.2) is 12.2 Å². The molecule has 0 saturated heterocycles. The monoisotopic (exact) mass is 321 g/mol. The maximum Gasteiger partial charge on any atom is 0.257 e. The predicted molar refractivity (Wildman–Crippen MR) is 89.1 cm³/mol. The average Bonchev–Trinajstić information content (AvgIpc) is 3.20. The van der Waals surface area contributed by atoms with Gasteiger partial charge in [-0.25, -0.2) is 13.5 Å². The Hall–Kier alpha value is -2.75. The van der Waals surface area contributed by atoms with E-state index < -0.39 is 0 Å². The van der Waals surface area contributed by atoms with E-state index in [0.717, 1.165) is 30.6 Å². The number of halogens is 1. The molecule has 0 aliphatic carbocycles. The van der Waals surface area contributed by atoms with Crippen LogP contribution in [0, 0.1) is 5.82 Å². The van der Waals surface area contributed by atoms with Gasteiger partial charge in [-0.1, -0.05) is 30.3 Å². The first-order valence-corrected chi connectivity index (χ1v) is 8.18. The van der Waals surface area contributed by atoms with Crippen molar-refractivity contribution >= 4 is 5.78 Å². The van der Waals surface area contributed by atoms with Crippen molar-refractivity contribution in [3.05, 3.63) is 78.0 Å². The first-order chi connectivity index (χ1) is 11.7. The Morgan fingerprint density at radius 1 is 1.08 bits per heavy atom. The summed E-state index contributed by atoms with van der Waals surface area (Å²) in [5, 5.41) is 0. The maximum atomic E-state index is 13.0. The highest BCUT2D eigenvalue weighted by atomic mass is 19.1. The molecule has 0 atom stereocenters. The van der Waals surface area contributed by atoms with Gasteiger partial charge < -0.3 is 0 Å². The minimum absolute atomic E-state index is 0.0000818. The second-order valence-electron chi connectivity index (χ2n) is 6.11. The fourth-order valence-electron chi connectivity index (χ4n) is 3.37. The zero-order chi connectivity index (χ0) is 16.5. The number of fused-ring (bicyclic) bond motifs is 1. The highest BCUT2D eigenvalue weighted by Gasteiger charge is 2.29. The Labute approximate surface area is 140 Å². The smallest absolute Gasteiger partial charge is 0.257 e. The average molecular weight is 321 g/mol. The molecule has 4 rings (SSSR count). The van der Waals surface area contributed by atoms with Gasteiger partial charge in [-0.05, 0) is 30.7 Å². The van der Waals surface area contributed by atoms with Crippen LogP contribution in [0.1, 0.15) is 22.6 Å². The van der Waals surface area contributed by atoms with Crippen molar-refractivity contribution < 1.29 is 13.8 Å². The summed E-state index contributed by atoms with van der Waals surface area (Å²) < 4.78 is 17.4. The Bertz CT molecular complexity index is 882. The van der Waals surface area contributed by atoms with Gasteiger partial charge in [0.1, 0.15) is 12.0 Å². The van der Waals surface area contributed by atoms with Crippen molar-refractivity contribution in [1.29, 1.82) is 0 Å². The summed E-state index contributed by atoms with van der Waals surface area (Å²) in [5.74, 6) is 0.861. The fourth-order valence-corrected chi connectivity index (χ4v) is 3.37. The molecule has 0 bridgehead atoms. The SMILES string of the molecule is O=C(C[n+]1cc(-c2ccccc2)n2c1CCC2)c1ccc(F)cc1. The molecule has 1 aliphatic heterocycles. The summed E-state index contributed by atoms with van der Waals surface area (Å²) in [6.45, 7) is 1.27. The van der Waals surface area contributed by atoms with E-state index in [2.05, 4.69) is 22.9 Å². The molecule has 24 heavy (non-hydrogen) atoms. The zero-order valence-corrected chi connectivity index (χ0v) is 13.3. The van der Waals surface area contributed by atoms with Crippen LogP contribution in [0.15, 0.2) is 60.8 Å². The molecule has 0 radical (unpaired) electrons. The lowest BCUT2D eigenvalue weighted by atomic mass is 10.1. The van der Waals surface area contributed by atoms with Crippen LogP contribution < -0.4 is 4.57 Å². The topological polar surface area (TPSA) is 25.9 Å². The van der Waals surface area contributed by atoms with E-state index in [-0.39, 0.29) is 18.1 Å². The molecule has 3 aromatic rings. The van der Waals surface area contributed by atoms with E-state index in [9.17, 15) is 9.18 Å². The third-order valence-corrected chi connectivity index (χ3v) is 4.54. The van der Waals surface area contributed by atoms with Gasteiger partial charge in [0.05, 0.1) is 13.0 Å². The van der Waals surface area contributed by atoms with E-state index in [1.165, 1.54) is 18.0 Å². The van der Waals surface area contributed by atoms with Gasteiger partial charge >= 0.3 is 0 Å². The highest BCUT2D eigenvalue weighted by Crippen LogP contribution is 2.24.